The number of aryl methyl sites for hydroxylation is 1. The van der Waals surface area contributed by atoms with E-state index in [1.165, 1.54) is 25.9 Å². The Bertz CT molecular complexity index is 443. The van der Waals surface area contributed by atoms with E-state index in [1.54, 1.807) is 0 Å². The van der Waals surface area contributed by atoms with E-state index in [1.807, 2.05) is 6.92 Å². The number of likely N-dealkylation sites (tertiary alicyclic amines) is 1. The molecule has 1 aromatic heterocycles. The van der Waals surface area contributed by atoms with Crippen LogP contribution >= 0.6 is 0 Å². The molecule has 1 aliphatic rings. The van der Waals surface area contributed by atoms with Gasteiger partial charge in [0.25, 0.3) is 0 Å². The predicted molar refractivity (Wildman–Crippen MR) is 85.3 cm³/mol. The molecule has 114 valence electrons. The molecule has 0 atom stereocenters. The van der Waals surface area contributed by atoms with Gasteiger partial charge in [0.1, 0.15) is 0 Å². The van der Waals surface area contributed by atoms with E-state index in [0.717, 1.165) is 23.7 Å². The van der Waals surface area contributed by atoms with Crippen molar-refractivity contribution in [2.24, 2.45) is 0 Å². The molecule has 0 unspecified atom stereocenters. The summed E-state index contributed by atoms with van der Waals surface area (Å²) >= 11 is 0. The summed E-state index contributed by atoms with van der Waals surface area (Å²) in [6, 6.07) is 0.896. The molecule has 2 N–H and O–H groups in total. The Labute approximate surface area is 122 Å². The first kappa shape index (κ1) is 15.2. The minimum atomic E-state index is 0.333. The summed E-state index contributed by atoms with van der Waals surface area (Å²) in [6.45, 7) is 12.1. The summed E-state index contributed by atoms with van der Waals surface area (Å²) in [7, 11) is 2.16. The lowest BCUT2D eigenvalue weighted by atomic mass is 10.0. The maximum absolute atomic E-state index is 6.27. The summed E-state index contributed by atoms with van der Waals surface area (Å²) in [5, 5.41) is 4.60. The van der Waals surface area contributed by atoms with Crippen molar-refractivity contribution in [1.29, 1.82) is 0 Å². The van der Waals surface area contributed by atoms with E-state index in [0.29, 0.717) is 12.1 Å². The standard InChI is InChI=1S/C15H29N5/c1-6-19-9-7-13(8-10-19)18(5)15-14(16)12(4)17-20(15)11(2)3/h11,13H,6-10,16H2,1-5H3. The number of hydrogen-bond acceptors (Lipinski definition) is 4. The van der Waals surface area contributed by atoms with Crippen molar-refractivity contribution in [2.45, 2.75) is 52.6 Å². The van der Waals surface area contributed by atoms with Gasteiger partial charge in [-0.1, -0.05) is 6.92 Å². The SMILES string of the molecule is CCN1CCC(N(C)c2c(N)c(C)nn2C(C)C)CC1. The fraction of sp³-hybridized carbons (Fsp3) is 0.800. The van der Waals surface area contributed by atoms with Crippen LogP contribution in [0.15, 0.2) is 0 Å². The van der Waals surface area contributed by atoms with Crippen molar-refractivity contribution in [1.82, 2.24) is 14.7 Å². The third kappa shape index (κ3) is 2.77. The number of anilines is 2. The van der Waals surface area contributed by atoms with Gasteiger partial charge >= 0.3 is 0 Å². The highest BCUT2D eigenvalue weighted by Crippen LogP contribution is 2.31. The molecule has 0 aromatic carbocycles. The largest absolute Gasteiger partial charge is 0.394 e. The van der Waals surface area contributed by atoms with Crippen LogP contribution in [0.4, 0.5) is 11.5 Å². The maximum Gasteiger partial charge on any atom is 0.150 e. The molecule has 0 saturated carbocycles. The zero-order chi connectivity index (χ0) is 14.9. The van der Waals surface area contributed by atoms with Gasteiger partial charge < -0.3 is 15.5 Å². The number of aromatic nitrogens is 2. The first-order valence-electron chi connectivity index (χ1n) is 7.75. The lowest BCUT2D eigenvalue weighted by Crippen LogP contribution is -2.44. The van der Waals surface area contributed by atoms with Gasteiger partial charge in [0.2, 0.25) is 0 Å². The van der Waals surface area contributed by atoms with Crippen molar-refractivity contribution in [2.75, 3.05) is 37.3 Å². The first-order chi connectivity index (χ1) is 9.45. The second kappa shape index (κ2) is 6.04. The van der Waals surface area contributed by atoms with Crippen molar-refractivity contribution in [3.8, 4) is 0 Å². The topological polar surface area (TPSA) is 50.3 Å². The summed E-state index contributed by atoms with van der Waals surface area (Å²) in [6.07, 6.45) is 2.40. The van der Waals surface area contributed by atoms with E-state index < -0.39 is 0 Å². The molecule has 0 aliphatic carbocycles. The fourth-order valence-electron chi connectivity index (χ4n) is 3.06. The van der Waals surface area contributed by atoms with Crippen LogP contribution in [0.2, 0.25) is 0 Å². The van der Waals surface area contributed by atoms with Crippen LogP contribution in [0.1, 0.15) is 45.3 Å². The van der Waals surface area contributed by atoms with E-state index >= 15 is 0 Å². The van der Waals surface area contributed by atoms with Crippen LogP contribution in [0.25, 0.3) is 0 Å². The number of piperidine rings is 1. The summed E-state index contributed by atoms with van der Waals surface area (Å²) in [5.41, 5.74) is 8.04. The zero-order valence-corrected chi connectivity index (χ0v) is 13.6. The monoisotopic (exact) mass is 279 g/mol. The minimum Gasteiger partial charge on any atom is -0.394 e. The molecule has 1 aromatic rings. The molecule has 0 spiro atoms. The van der Waals surface area contributed by atoms with E-state index in [9.17, 15) is 0 Å². The number of nitrogen functional groups attached to an aromatic ring is 1. The van der Waals surface area contributed by atoms with Gasteiger partial charge in [0, 0.05) is 32.2 Å². The van der Waals surface area contributed by atoms with Gasteiger partial charge in [-0.25, -0.2) is 4.68 Å². The van der Waals surface area contributed by atoms with Gasteiger partial charge in [-0.3, -0.25) is 0 Å². The Morgan fingerprint density at radius 3 is 2.45 bits per heavy atom. The average molecular weight is 279 g/mol. The number of hydrogen-bond donors (Lipinski definition) is 1. The Balaban J connectivity index is 2.19. The molecular weight excluding hydrogens is 250 g/mol. The van der Waals surface area contributed by atoms with Crippen LogP contribution in [-0.2, 0) is 0 Å². The lowest BCUT2D eigenvalue weighted by Gasteiger charge is -2.37. The average Bonchev–Trinajstić information content (AvgIpc) is 2.74. The van der Waals surface area contributed by atoms with Gasteiger partial charge in [-0.2, -0.15) is 5.10 Å². The normalized spacial score (nSPS) is 17.9. The van der Waals surface area contributed by atoms with Crippen LogP contribution in [0, 0.1) is 6.92 Å². The molecular formula is C15H29N5. The predicted octanol–water partition coefficient (Wildman–Crippen LogP) is 2.28. The second-order valence-electron chi connectivity index (χ2n) is 6.14. The quantitative estimate of drug-likeness (QED) is 0.918. The molecule has 1 fully saturated rings. The van der Waals surface area contributed by atoms with Gasteiger partial charge in [0.05, 0.1) is 11.4 Å². The van der Waals surface area contributed by atoms with Crippen molar-refractivity contribution < 1.29 is 0 Å². The fourth-order valence-corrected chi connectivity index (χ4v) is 3.06. The van der Waals surface area contributed by atoms with Crippen LogP contribution in [0.3, 0.4) is 0 Å². The van der Waals surface area contributed by atoms with Crippen molar-refractivity contribution in [3.05, 3.63) is 5.69 Å². The molecule has 0 amide bonds. The molecule has 1 saturated heterocycles. The first-order valence-corrected chi connectivity index (χ1v) is 7.75. The van der Waals surface area contributed by atoms with Gasteiger partial charge in [-0.15, -0.1) is 0 Å². The van der Waals surface area contributed by atoms with Crippen molar-refractivity contribution in [3.63, 3.8) is 0 Å². The highest BCUT2D eigenvalue weighted by atomic mass is 15.4. The number of nitrogens with two attached hydrogens (primary N) is 1. The molecule has 5 nitrogen and oxygen atoms in total. The molecule has 1 aliphatic heterocycles. The Morgan fingerprint density at radius 2 is 1.95 bits per heavy atom. The van der Waals surface area contributed by atoms with Gasteiger partial charge in [-0.05, 0) is 40.2 Å². The second-order valence-corrected chi connectivity index (χ2v) is 6.14. The highest BCUT2D eigenvalue weighted by Gasteiger charge is 2.26. The third-order valence-electron chi connectivity index (χ3n) is 4.48. The molecule has 0 bridgehead atoms. The van der Waals surface area contributed by atoms with E-state index in [2.05, 4.69) is 47.4 Å². The molecule has 0 radical (unpaired) electrons. The van der Waals surface area contributed by atoms with Crippen LogP contribution in [0.5, 0.6) is 0 Å². The van der Waals surface area contributed by atoms with E-state index in [-0.39, 0.29) is 0 Å². The number of rotatable bonds is 4. The third-order valence-corrected chi connectivity index (χ3v) is 4.48. The molecule has 5 heteroatoms. The minimum absolute atomic E-state index is 0.333. The highest BCUT2D eigenvalue weighted by molar-refractivity contribution is 5.66. The number of nitrogens with zero attached hydrogens (tertiary/aromatic N) is 4. The molecule has 2 rings (SSSR count). The van der Waals surface area contributed by atoms with Crippen molar-refractivity contribution >= 4 is 11.5 Å². The van der Waals surface area contributed by atoms with Gasteiger partial charge in [0.15, 0.2) is 5.82 Å². The smallest absolute Gasteiger partial charge is 0.150 e. The summed E-state index contributed by atoms with van der Waals surface area (Å²) < 4.78 is 2.07. The molecule has 20 heavy (non-hydrogen) atoms. The summed E-state index contributed by atoms with van der Waals surface area (Å²) in [5.74, 6) is 1.09. The zero-order valence-electron chi connectivity index (χ0n) is 13.6. The van der Waals surface area contributed by atoms with Crippen LogP contribution in [-0.4, -0.2) is 47.4 Å². The Morgan fingerprint density at radius 1 is 1.35 bits per heavy atom. The Hall–Kier alpha value is -1.23. The Kier molecular flexibility index (Phi) is 4.58. The lowest BCUT2D eigenvalue weighted by molar-refractivity contribution is 0.220. The van der Waals surface area contributed by atoms with Crippen LogP contribution < -0.4 is 10.6 Å². The maximum atomic E-state index is 6.27. The molecule has 2 heterocycles. The van der Waals surface area contributed by atoms with E-state index in [4.69, 9.17) is 5.73 Å². The summed E-state index contributed by atoms with van der Waals surface area (Å²) in [4.78, 5) is 4.86.